The lowest BCUT2D eigenvalue weighted by Crippen LogP contribution is -2.27. The minimum absolute atomic E-state index is 0.0451. The maximum atomic E-state index is 6.21. The van der Waals surface area contributed by atoms with E-state index in [1.54, 1.807) is 0 Å². The molecule has 0 saturated carbocycles. The van der Waals surface area contributed by atoms with E-state index in [0.29, 0.717) is 0 Å². The summed E-state index contributed by atoms with van der Waals surface area (Å²) in [6.45, 7) is 0. The Morgan fingerprint density at radius 3 is 2.17 bits per heavy atom. The monoisotopic (exact) mass is 469 g/mol. The van der Waals surface area contributed by atoms with Crippen molar-refractivity contribution in [1.29, 1.82) is 0 Å². The van der Waals surface area contributed by atoms with Crippen LogP contribution < -0.4 is 0 Å². The molecule has 10 rings (SSSR count). The Bertz CT molecular complexity index is 1990. The predicted octanol–water partition coefficient (Wildman–Crippen LogP) is 6.78. The predicted molar refractivity (Wildman–Crippen MR) is 135 cm³/mol. The van der Waals surface area contributed by atoms with Gasteiger partial charge < -0.3 is 27.4 Å². The lowest BCUT2D eigenvalue weighted by Gasteiger charge is -2.38. The van der Waals surface area contributed by atoms with Crippen molar-refractivity contribution in [2.24, 2.45) is 0 Å². The van der Waals surface area contributed by atoms with Crippen LogP contribution in [0.5, 0.6) is 0 Å². The Kier molecular flexibility index (Phi) is 2.86. The van der Waals surface area contributed by atoms with Crippen LogP contribution in [0.1, 0.15) is 46.6 Å². The van der Waals surface area contributed by atoms with Crippen LogP contribution in [0.3, 0.4) is 0 Å². The number of ether oxygens (including phenoxy) is 2. The molecule has 0 spiro atoms. The van der Waals surface area contributed by atoms with Crippen molar-refractivity contribution >= 4 is 27.4 Å². The van der Waals surface area contributed by atoms with Gasteiger partial charge in [0.1, 0.15) is 12.2 Å². The zero-order valence-corrected chi connectivity index (χ0v) is 19.0. The quantitative estimate of drug-likeness (QED) is 0.246. The fourth-order valence-corrected chi connectivity index (χ4v) is 7.33. The Labute approximate surface area is 204 Å². The third kappa shape index (κ3) is 1.78. The van der Waals surface area contributed by atoms with E-state index in [9.17, 15) is 0 Å². The molecule has 0 radical (unpaired) electrons. The Morgan fingerprint density at radius 1 is 0.694 bits per heavy atom. The lowest BCUT2D eigenvalue weighted by molar-refractivity contribution is 0.145. The summed E-state index contributed by atoms with van der Waals surface area (Å²) < 4.78 is 25.5. The first-order valence-corrected chi connectivity index (χ1v) is 12.4. The number of pyridine rings is 1. The first-order chi connectivity index (χ1) is 17.9. The molecule has 0 N–H and O–H groups in total. The number of nitrogens with zero attached hydrogens (tertiary/aromatic N) is 3. The number of rotatable bonds is 0. The summed E-state index contributed by atoms with van der Waals surface area (Å²) in [4.78, 5) is 0. The molecule has 0 aliphatic carbocycles. The molecule has 4 aliphatic heterocycles. The van der Waals surface area contributed by atoms with Crippen LogP contribution in [-0.2, 0) is 9.47 Å². The van der Waals surface area contributed by atoms with Gasteiger partial charge in [-0.3, -0.25) is 0 Å². The molecule has 9 heterocycles. The van der Waals surface area contributed by atoms with Gasteiger partial charge >= 0.3 is 0 Å². The SMILES string of the molecule is C1=CC2c3c(c4c(c5c6ccoc6c6cccn6c35)-n3cccc3C3OC=CC43)-n3cccc3C2O1. The van der Waals surface area contributed by atoms with E-state index in [2.05, 4.69) is 86.7 Å². The highest BCUT2D eigenvalue weighted by molar-refractivity contribution is 6.16. The maximum absolute atomic E-state index is 6.21. The number of aromatic nitrogens is 3. The average Bonchev–Trinajstić information content (AvgIpc) is 3.73. The lowest BCUT2D eigenvalue weighted by atomic mass is 9.77. The number of benzene rings is 1. The van der Waals surface area contributed by atoms with Gasteiger partial charge in [-0.25, -0.2) is 0 Å². The second-order valence-corrected chi connectivity index (χ2v) is 10.1. The van der Waals surface area contributed by atoms with Gasteiger partial charge in [0.25, 0.3) is 0 Å². The molecule has 4 atom stereocenters. The van der Waals surface area contributed by atoms with Crippen LogP contribution in [-0.4, -0.2) is 13.5 Å². The summed E-state index contributed by atoms with van der Waals surface area (Å²) in [5.41, 5.74) is 10.6. The fraction of sp³-hybridized carbons (Fsp3) is 0.133. The minimum atomic E-state index is -0.0451. The molecule has 0 fully saturated rings. The van der Waals surface area contributed by atoms with Crippen molar-refractivity contribution in [3.8, 4) is 11.4 Å². The van der Waals surface area contributed by atoms with Gasteiger partial charge in [0.2, 0.25) is 0 Å². The van der Waals surface area contributed by atoms with Gasteiger partial charge in [0.15, 0.2) is 5.58 Å². The van der Waals surface area contributed by atoms with E-state index in [1.807, 2.05) is 18.8 Å². The topological polar surface area (TPSA) is 45.9 Å². The van der Waals surface area contributed by atoms with Crippen LogP contribution in [0.25, 0.3) is 38.8 Å². The van der Waals surface area contributed by atoms with Crippen molar-refractivity contribution in [2.45, 2.75) is 24.0 Å². The summed E-state index contributed by atoms with van der Waals surface area (Å²) in [5, 5.41) is 2.34. The summed E-state index contributed by atoms with van der Waals surface area (Å²) in [6.07, 6.45) is 16.4. The third-order valence-electron chi connectivity index (χ3n) is 8.62. The standard InChI is InChI=1S/C30H19N3O3/c1-4-19-28-16(7-13-34-28)22-25(31(19)10-1)23-17-8-14-35-29(17)20-5-2-12-33(20)27(23)24-18-9-15-36-30(18)21-6-3-11-32(21)26(22)24/h1-17,28-29H. The highest BCUT2D eigenvalue weighted by Crippen LogP contribution is 2.58. The molecule has 0 amide bonds. The first kappa shape index (κ1) is 17.8. The van der Waals surface area contributed by atoms with Gasteiger partial charge in [0.05, 0.1) is 64.4 Å². The summed E-state index contributed by atoms with van der Waals surface area (Å²) in [5.74, 6) is 0.224. The molecular weight excluding hydrogens is 450 g/mol. The fourth-order valence-electron chi connectivity index (χ4n) is 7.33. The van der Waals surface area contributed by atoms with Gasteiger partial charge in [-0.15, -0.1) is 0 Å². The maximum Gasteiger partial charge on any atom is 0.158 e. The average molecular weight is 470 g/mol. The van der Waals surface area contributed by atoms with Crippen LogP contribution in [0, 0.1) is 0 Å². The van der Waals surface area contributed by atoms with Crippen molar-refractivity contribution in [3.63, 3.8) is 0 Å². The van der Waals surface area contributed by atoms with E-state index in [4.69, 9.17) is 13.9 Å². The molecule has 1 aromatic carbocycles. The highest BCUT2D eigenvalue weighted by Gasteiger charge is 2.46. The Morgan fingerprint density at radius 2 is 1.39 bits per heavy atom. The number of hydrogen-bond donors (Lipinski definition) is 0. The van der Waals surface area contributed by atoms with Crippen LogP contribution in [0.15, 0.2) is 96.4 Å². The van der Waals surface area contributed by atoms with Gasteiger partial charge in [0, 0.05) is 40.5 Å². The molecule has 4 aliphatic rings. The molecule has 0 saturated heterocycles. The molecule has 6 heteroatoms. The molecule has 36 heavy (non-hydrogen) atoms. The zero-order chi connectivity index (χ0) is 23.1. The molecule has 6 aromatic rings. The molecule has 5 aromatic heterocycles. The van der Waals surface area contributed by atoms with Crippen molar-refractivity contribution in [3.05, 3.63) is 115 Å². The summed E-state index contributed by atoms with van der Waals surface area (Å²) in [7, 11) is 0. The van der Waals surface area contributed by atoms with Gasteiger partial charge in [-0.1, -0.05) is 0 Å². The molecule has 6 nitrogen and oxygen atoms in total. The van der Waals surface area contributed by atoms with E-state index in [0.717, 1.165) is 16.5 Å². The Balaban J connectivity index is 1.55. The number of fused-ring (bicyclic) bond motifs is 21. The van der Waals surface area contributed by atoms with Crippen molar-refractivity contribution in [1.82, 2.24) is 13.5 Å². The highest BCUT2D eigenvalue weighted by atomic mass is 16.5. The first-order valence-electron chi connectivity index (χ1n) is 12.4. The molecule has 4 unspecified atom stereocenters. The molecule has 172 valence electrons. The molecule has 0 bridgehead atoms. The van der Waals surface area contributed by atoms with E-state index >= 15 is 0 Å². The van der Waals surface area contributed by atoms with E-state index in [1.165, 1.54) is 44.8 Å². The van der Waals surface area contributed by atoms with Crippen LogP contribution in [0.2, 0.25) is 0 Å². The second kappa shape index (κ2) is 5.79. The van der Waals surface area contributed by atoms with E-state index in [-0.39, 0.29) is 24.0 Å². The summed E-state index contributed by atoms with van der Waals surface area (Å²) in [6, 6.07) is 15.0. The largest absolute Gasteiger partial charge is 0.491 e. The minimum Gasteiger partial charge on any atom is -0.491 e. The van der Waals surface area contributed by atoms with Crippen molar-refractivity contribution in [2.75, 3.05) is 0 Å². The normalized spacial score (nSPS) is 24.3. The molecular formula is C30H19N3O3. The van der Waals surface area contributed by atoms with Gasteiger partial charge in [-0.2, -0.15) is 0 Å². The third-order valence-corrected chi connectivity index (χ3v) is 8.62. The van der Waals surface area contributed by atoms with Gasteiger partial charge in [-0.05, 0) is 54.6 Å². The number of hydrogen-bond acceptors (Lipinski definition) is 3. The second-order valence-electron chi connectivity index (χ2n) is 10.1. The van der Waals surface area contributed by atoms with Crippen molar-refractivity contribution < 1.29 is 13.9 Å². The van der Waals surface area contributed by atoms with Crippen LogP contribution >= 0.6 is 0 Å². The summed E-state index contributed by atoms with van der Waals surface area (Å²) >= 11 is 0. The smallest absolute Gasteiger partial charge is 0.158 e. The zero-order valence-electron chi connectivity index (χ0n) is 19.0. The van der Waals surface area contributed by atoms with E-state index < -0.39 is 0 Å². The number of furan rings is 1. The Hall–Kier alpha value is -4.58. The van der Waals surface area contributed by atoms with Crippen LogP contribution in [0.4, 0.5) is 0 Å².